The van der Waals surface area contributed by atoms with Crippen molar-refractivity contribution in [2.45, 2.75) is 24.8 Å². The highest BCUT2D eigenvalue weighted by Gasteiger charge is 2.23. The summed E-state index contributed by atoms with van der Waals surface area (Å²) in [6.45, 7) is 1.54. The van der Waals surface area contributed by atoms with E-state index in [1.165, 1.54) is 16.3 Å². The molecule has 0 spiro atoms. The van der Waals surface area contributed by atoms with E-state index < -0.39 is 0 Å². The summed E-state index contributed by atoms with van der Waals surface area (Å²) in [6, 6.07) is 1.21. The molecule has 2 atom stereocenters. The first-order valence-electron chi connectivity index (χ1n) is 3.81. The van der Waals surface area contributed by atoms with Gasteiger partial charge in [-0.2, -0.15) is 0 Å². The molecular formula is C6H15NO2Si. The Kier molecular flexibility index (Phi) is 3.34. The van der Waals surface area contributed by atoms with Crippen molar-refractivity contribution in [2.24, 2.45) is 5.73 Å². The van der Waals surface area contributed by atoms with E-state index >= 15 is 0 Å². The van der Waals surface area contributed by atoms with Gasteiger partial charge in [0.05, 0.1) is 13.2 Å². The molecule has 0 saturated carbocycles. The molecule has 2 N–H and O–H groups in total. The van der Waals surface area contributed by atoms with Crippen molar-refractivity contribution in [3.8, 4) is 0 Å². The lowest BCUT2D eigenvalue weighted by Crippen LogP contribution is -2.25. The highest BCUT2D eigenvalue weighted by Crippen LogP contribution is 2.09. The SMILES string of the molecule is NC(CC[SiH3])OCC1CO1. The molecule has 0 aliphatic carbocycles. The quantitative estimate of drug-likeness (QED) is 0.315. The van der Waals surface area contributed by atoms with Gasteiger partial charge in [-0.25, -0.2) is 0 Å². The summed E-state index contributed by atoms with van der Waals surface area (Å²) in [5, 5.41) is 0. The molecule has 3 nitrogen and oxygen atoms in total. The number of ether oxygens (including phenoxy) is 2. The maximum absolute atomic E-state index is 5.60. The van der Waals surface area contributed by atoms with Crippen molar-refractivity contribution in [3.05, 3.63) is 0 Å². The van der Waals surface area contributed by atoms with Crippen molar-refractivity contribution in [1.82, 2.24) is 0 Å². The van der Waals surface area contributed by atoms with Gasteiger partial charge in [-0.3, -0.25) is 0 Å². The van der Waals surface area contributed by atoms with Gasteiger partial charge in [-0.1, -0.05) is 6.04 Å². The van der Waals surface area contributed by atoms with E-state index in [4.69, 9.17) is 15.2 Å². The fraction of sp³-hybridized carbons (Fsp3) is 1.00. The van der Waals surface area contributed by atoms with E-state index in [1.807, 2.05) is 0 Å². The van der Waals surface area contributed by atoms with Crippen molar-refractivity contribution < 1.29 is 9.47 Å². The smallest absolute Gasteiger partial charge is 0.105 e. The first-order valence-corrected chi connectivity index (χ1v) is 5.23. The normalized spacial score (nSPS) is 26.7. The van der Waals surface area contributed by atoms with Crippen LogP contribution in [0.3, 0.4) is 0 Å². The molecule has 1 aliphatic heterocycles. The summed E-state index contributed by atoms with van der Waals surface area (Å²) in [6.07, 6.45) is 1.29. The van der Waals surface area contributed by atoms with Gasteiger partial charge >= 0.3 is 0 Å². The number of hydrogen-bond donors (Lipinski definition) is 1. The molecule has 1 rings (SSSR count). The van der Waals surface area contributed by atoms with Crippen LogP contribution >= 0.6 is 0 Å². The molecule has 60 valence electrons. The summed E-state index contributed by atoms with van der Waals surface area (Å²) in [5.74, 6) is 0. The Morgan fingerprint density at radius 3 is 3.00 bits per heavy atom. The third-order valence-electron chi connectivity index (χ3n) is 1.47. The van der Waals surface area contributed by atoms with Gasteiger partial charge in [0.2, 0.25) is 0 Å². The molecule has 1 saturated heterocycles. The molecule has 10 heavy (non-hydrogen) atoms. The summed E-state index contributed by atoms with van der Waals surface area (Å²) in [7, 11) is 1.21. The first kappa shape index (κ1) is 8.20. The van der Waals surface area contributed by atoms with Gasteiger partial charge < -0.3 is 15.2 Å². The minimum atomic E-state index is -0.0540. The monoisotopic (exact) mass is 161 g/mol. The molecule has 1 heterocycles. The summed E-state index contributed by atoms with van der Waals surface area (Å²) in [4.78, 5) is 0. The van der Waals surface area contributed by atoms with Gasteiger partial charge in [0.25, 0.3) is 0 Å². The lowest BCUT2D eigenvalue weighted by Gasteiger charge is -2.09. The Morgan fingerprint density at radius 2 is 2.50 bits per heavy atom. The van der Waals surface area contributed by atoms with Crippen molar-refractivity contribution in [1.29, 1.82) is 0 Å². The van der Waals surface area contributed by atoms with E-state index in [0.717, 1.165) is 13.0 Å². The highest BCUT2D eigenvalue weighted by atomic mass is 28.1. The largest absolute Gasteiger partial charge is 0.371 e. The van der Waals surface area contributed by atoms with Crippen LogP contribution in [0.5, 0.6) is 0 Å². The molecular weight excluding hydrogens is 146 g/mol. The highest BCUT2D eigenvalue weighted by molar-refractivity contribution is 6.08. The molecule has 1 aliphatic rings. The third-order valence-corrected chi connectivity index (χ3v) is 2.05. The molecule has 0 radical (unpaired) electrons. The number of rotatable bonds is 5. The first-order chi connectivity index (χ1) is 4.83. The topological polar surface area (TPSA) is 47.8 Å². The zero-order chi connectivity index (χ0) is 7.40. The average molecular weight is 161 g/mol. The molecule has 4 heteroatoms. The second kappa shape index (κ2) is 4.08. The van der Waals surface area contributed by atoms with E-state index in [1.54, 1.807) is 0 Å². The maximum Gasteiger partial charge on any atom is 0.105 e. The molecule has 0 amide bonds. The van der Waals surface area contributed by atoms with Crippen LogP contribution in [0.25, 0.3) is 0 Å². The van der Waals surface area contributed by atoms with Crippen LogP contribution < -0.4 is 5.73 Å². The number of nitrogens with two attached hydrogens (primary N) is 1. The third kappa shape index (κ3) is 3.31. The fourth-order valence-electron chi connectivity index (χ4n) is 0.763. The predicted octanol–water partition coefficient (Wildman–Crippen LogP) is -1.14. The lowest BCUT2D eigenvalue weighted by molar-refractivity contribution is 0.0447. The summed E-state index contributed by atoms with van der Waals surface area (Å²) >= 11 is 0. The molecule has 2 unspecified atom stereocenters. The Hall–Kier alpha value is 0.0969. The van der Waals surface area contributed by atoms with Crippen molar-refractivity contribution in [2.75, 3.05) is 13.2 Å². The minimum Gasteiger partial charge on any atom is -0.371 e. The fourth-order valence-corrected chi connectivity index (χ4v) is 1.33. The molecule has 0 aromatic rings. The van der Waals surface area contributed by atoms with Crippen LogP contribution in [-0.2, 0) is 9.47 Å². The van der Waals surface area contributed by atoms with E-state index in [2.05, 4.69) is 0 Å². The Morgan fingerprint density at radius 1 is 1.80 bits per heavy atom. The standard InChI is InChI=1S/C6H15NO2Si/c7-6(1-2-10)9-4-5-3-8-5/h5-6H,1-4,7H2,10H3. The van der Waals surface area contributed by atoms with Crippen LogP contribution in [-0.4, -0.2) is 35.8 Å². The zero-order valence-corrected chi connectivity index (χ0v) is 8.38. The predicted molar refractivity (Wildman–Crippen MR) is 43.0 cm³/mol. The lowest BCUT2D eigenvalue weighted by atomic mass is 10.4. The number of hydrogen-bond acceptors (Lipinski definition) is 3. The Balaban J connectivity index is 1.89. The van der Waals surface area contributed by atoms with Crippen LogP contribution in [0.1, 0.15) is 6.42 Å². The molecule has 0 aromatic carbocycles. The van der Waals surface area contributed by atoms with E-state index in [9.17, 15) is 0 Å². The van der Waals surface area contributed by atoms with Gasteiger partial charge in [0, 0.05) is 10.2 Å². The van der Waals surface area contributed by atoms with Crippen LogP contribution in [0.2, 0.25) is 6.04 Å². The van der Waals surface area contributed by atoms with Gasteiger partial charge in [-0.15, -0.1) is 0 Å². The summed E-state index contributed by atoms with van der Waals surface area (Å²) in [5.41, 5.74) is 5.60. The van der Waals surface area contributed by atoms with Crippen molar-refractivity contribution in [3.63, 3.8) is 0 Å². The van der Waals surface area contributed by atoms with Crippen LogP contribution in [0.15, 0.2) is 0 Å². The minimum absolute atomic E-state index is 0.0540. The molecule has 0 aromatic heterocycles. The van der Waals surface area contributed by atoms with Crippen LogP contribution in [0.4, 0.5) is 0 Å². The van der Waals surface area contributed by atoms with E-state index in [-0.39, 0.29) is 6.23 Å². The van der Waals surface area contributed by atoms with Gasteiger partial charge in [0.15, 0.2) is 0 Å². The second-order valence-electron chi connectivity index (χ2n) is 2.62. The zero-order valence-electron chi connectivity index (χ0n) is 6.38. The second-order valence-corrected chi connectivity index (χ2v) is 3.62. The number of epoxide rings is 1. The Bertz CT molecular complexity index is 97.7. The summed E-state index contributed by atoms with van der Waals surface area (Å²) < 4.78 is 10.2. The molecule has 1 fully saturated rings. The average Bonchev–Trinajstić information content (AvgIpc) is 2.67. The van der Waals surface area contributed by atoms with Crippen molar-refractivity contribution >= 4 is 10.2 Å². The van der Waals surface area contributed by atoms with Gasteiger partial charge in [0.1, 0.15) is 12.3 Å². The maximum atomic E-state index is 5.60. The Labute approximate surface area is 64.3 Å². The van der Waals surface area contributed by atoms with E-state index in [0.29, 0.717) is 12.7 Å². The molecule has 0 bridgehead atoms. The van der Waals surface area contributed by atoms with Gasteiger partial charge in [-0.05, 0) is 6.42 Å². The van der Waals surface area contributed by atoms with Crippen LogP contribution in [0, 0.1) is 0 Å².